The molecule has 2 aliphatic rings. The van der Waals surface area contributed by atoms with Gasteiger partial charge in [-0.25, -0.2) is 0 Å². The summed E-state index contributed by atoms with van der Waals surface area (Å²) in [7, 11) is 0. The Morgan fingerprint density at radius 2 is 1.81 bits per heavy atom. The molecule has 0 radical (unpaired) electrons. The minimum absolute atomic E-state index is 0.0360. The summed E-state index contributed by atoms with van der Waals surface area (Å²) >= 11 is 0. The standard InChI is InChI=1S/C26H33N3O2/c1-18-10-11-22(19(2)16-18)20(3)27-24(30)17-29-15-12-21-8-4-5-9-23(21)25(29)26(31)28-13-6-7-14-28/h4-5,8-11,16,20,25H,6-7,12-15,17H2,1-3H3,(H,27,30). The highest BCUT2D eigenvalue weighted by atomic mass is 16.2. The first kappa shape index (κ1) is 21.6. The van der Waals surface area contributed by atoms with Crippen molar-refractivity contribution in [3.05, 3.63) is 70.3 Å². The van der Waals surface area contributed by atoms with Crippen molar-refractivity contribution in [2.24, 2.45) is 0 Å². The minimum atomic E-state index is -0.370. The summed E-state index contributed by atoms with van der Waals surface area (Å²) in [5, 5.41) is 3.15. The van der Waals surface area contributed by atoms with Crippen molar-refractivity contribution in [1.29, 1.82) is 0 Å². The summed E-state index contributed by atoms with van der Waals surface area (Å²) in [6.07, 6.45) is 2.99. The van der Waals surface area contributed by atoms with Crippen molar-refractivity contribution in [3.8, 4) is 0 Å². The van der Waals surface area contributed by atoms with Crippen LogP contribution in [0.3, 0.4) is 0 Å². The number of nitrogens with one attached hydrogen (secondary N) is 1. The van der Waals surface area contributed by atoms with E-state index in [0.29, 0.717) is 6.54 Å². The largest absolute Gasteiger partial charge is 0.348 e. The maximum Gasteiger partial charge on any atom is 0.244 e. The van der Waals surface area contributed by atoms with E-state index in [4.69, 9.17) is 0 Å². The lowest BCUT2D eigenvalue weighted by molar-refractivity contribution is -0.137. The van der Waals surface area contributed by atoms with E-state index in [2.05, 4.69) is 54.4 Å². The van der Waals surface area contributed by atoms with Crippen molar-refractivity contribution in [1.82, 2.24) is 15.1 Å². The van der Waals surface area contributed by atoms with Crippen LogP contribution in [0, 0.1) is 13.8 Å². The molecule has 2 aromatic rings. The lowest BCUT2D eigenvalue weighted by Crippen LogP contribution is -2.49. The first-order valence-electron chi connectivity index (χ1n) is 11.4. The molecule has 2 amide bonds. The van der Waals surface area contributed by atoms with E-state index in [1.54, 1.807) is 0 Å². The van der Waals surface area contributed by atoms with Crippen molar-refractivity contribution in [3.63, 3.8) is 0 Å². The van der Waals surface area contributed by atoms with Crippen molar-refractivity contribution in [2.45, 2.75) is 52.1 Å². The van der Waals surface area contributed by atoms with Gasteiger partial charge in [-0.3, -0.25) is 14.5 Å². The van der Waals surface area contributed by atoms with Crippen LogP contribution in [-0.4, -0.2) is 47.8 Å². The summed E-state index contributed by atoms with van der Waals surface area (Å²) in [5.74, 6) is 0.103. The normalized spacial score (nSPS) is 19.7. The van der Waals surface area contributed by atoms with Gasteiger partial charge in [0.25, 0.3) is 0 Å². The Morgan fingerprint density at radius 1 is 1.06 bits per heavy atom. The van der Waals surface area contributed by atoms with Crippen LogP contribution in [0.4, 0.5) is 0 Å². The van der Waals surface area contributed by atoms with Gasteiger partial charge in [0.15, 0.2) is 0 Å². The fourth-order valence-electron chi connectivity index (χ4n) is 5.05. The average Bonchev–Trinajstić information content (AvgIpc) is 3.28. The van der Waals surface area contributed by atoms with Crippen LogP contribution in [0.5, 0.6) is 0 Å². The van der Waals surface area contributed by atoms with Crippen molar-refractivity contribution >= 4 is 11.8 Å². The van der Waals surface area contributed by atoms with Crippen LogP contribution < -0.4 is 5.32 Å². The number of carbonyl (C=O) groups is 2. The molecule has 2 aromatic carbocycles. The number of aryl methyl sites for hydroxylation is 2. The molecule has 4 rings (SSSR count). The second-order valence-corrected chi connectivity index (χ2v) is 9.00. The number of carbonyl (C=O) groups excluding carboxylic acids is 2. The smallest absolute Gasteiger partial charge is 0.244 e. The Bertz CT molecular complexity index is 965. The molecule has 5 heteroatoms. The molecule has 1 fully saturated rings. The Balaban J connectivity index is 1.50. The minimum Gasteiger partial charge on any atom is -0.348 e. The van der Waals surface area contributed by atoms with E-state index in [-0.39, 0.29) is 30.4 Å². The van der Waals surface area contributed by atoms with Crippen LogP contribution in [0.15, 0.2) is 42.5 Å². The fraction of sp³-hybridized carbons (Fsp3) is 0.462. The zero-order valence-electron chi connectivity index (χ0n) is 18.9. The van der Waals surface area contributed by atoms with Gasteiger partial charge in [-0.2, -0.15) is 0 Å². The Kier molecular flexibility index (Phi) is 6.42. The molecule has 31 heavy (non-hydrogen) atoms. The molecule has 2 heterocycles. The molecule has 0 saturated carbocycles. The number of fused-ring (bicyclic) bond motifs is 1. The van der Waals surface area contributed by atoms with Gasteiger partial charge in [0.1, 0.15) is 6.04 Å². The summed E-state index contributed by atoms with van der Waals surface area (Å²) in [4.78, 5) is 30.5. The molecular weight excluding hydrogens is 386 g/mol. The maximum absolute atomic E-state index is 13.4. The summed E-state index contributed by atoms with van der Waals surface area (Å²) in [6.45, 7) is 8.76. The van der Waals surface area contributed by atoms with E-state index in [1.807, 2.05) is 24.0 Å². The molecule has 0 aliphatic carbocycles. The second kappa shape index (κ2) is 9.23. The third-order valence-corrected chi connectivity index (χ3v) is 6.65. The van der Waals surface area contributed by atoms with Crippen LogP contribution in [0.2, 0.25) is 0 Å². The Labute approximate surface area is 185 Å². The molecule has 164 valence electrons. The second-order valence-electron chi connectivity index (χ2n) is 9.00. The highest BCUT2D eigenvalue weighted by molar-refractivity contribution is 5.86. The van der Waals surface area contributed by atoms with Gasteiger partial charge in [-0.15, -0.1) is 0 Å². The van der Waals surface area contributed by atoms with E-state index < -0.39 is 0 Å². The summed E-state index contributed by atoms with van der Waals surface area (Å²) in [5.41, 5.74) is 5.81. The van der Waals surface area contributed by atoms with Crippen LogP contribution in [0.1, 0.15) is 59.7 Å². The van der Waals surface area contributed by atoms with Crippen molar-refractivity contribution < 1.29 is 9.59 Å². The molecule has 0 spiro atoms. The molecule has 1 saturated heterocycles. The van der Waals surface area contributed by atoms with Gasteiger partial charge < -0.3 is 10.2 Å². The van der Waals surface area contributed by atoms with Gasteiger partial charge in [0, 0.05) is 19.6 Å². The lowest BCUT2D eigenvalue weighted by Gasteiger charge is -2.38. The van der Waals surface area contributed by atoms with Gasteiger partial charge in [-0.1, -0.05) is 48.0 Å². The maximum atomic E-state index is 13.4. The third kappa shape index (κ3) is 4.67. The predicted octanol–water partition coefficient (Wildman–Crippen LogP) is 3.70. The first-order chi connectivity index (χ1) is 14.9. The van der Waals surface area contributed by atoms with Gasteiger partial charge in [0.2, 0.25) is 11.8 Å². The highest BCUT2D eigenvalue weighted by Gasteiger charge is 2.37. The first-order valence-corrected chi connectivity index (χ1v) is 11.4. The number of likely N-dealkylation sites (tertiary alicyclic amines) is 1. The monoisotopic (exact) mass is 419 g/mol. The molecular formula is C26H33N3O2. The van der Waals surface area contributed by atoms with E-state index in [0.717, 1.165) is 43.5 Å². The molecule has 2 aliphatic heterocycles. The van der Waals surface area contributed by atoms with Crippen LogP contribution in [-0.2, 0) is 16.0 Å². The molecule has 5 nitrogen and oxygen atoms in total. The number of amides is 2. The van der Waals surface area contributed by atoms with Gasteiger partial charge in [0.05, 0.1) is 12.6 Å². The SMILES string of the molecule is Cc1ccc(C(C)NC(=O)CN2CCc3ccccc3C2C(=O)N2CCCC2)c(C)c1. The van der Waals surface area contributed by atoms with Gasteiger partial charge in [-0.05, 0) is 62.3 Å². The van der Waals surface area contributed by atoms with Crippen molar-refractivity contribution in [2.75, 3.05) is 26.2 Å². The lowest BCUT2D eigenvalue weighted by atomic mass is 9.91. The molecule has 0 bridgehead atoms. The number of hydrogen-bond donors (Lipinski definition) is 1. The molecule has 0 aromatic heterocycles. The number of nitrogens with zero attached hydrogens (tertiary/aromatic N) is 2. The van der Waals surface area contributed by atoms with Crippen LogP contribution in [0.25, 0.3) is 0 Å². The summed E-state index contributed by atoms with van der Waals surface area (Å²) in [6, 6.07) is 14.1. The number of rotatable bonds is 5. The molecule has 2 atom stereocenters. The Hall–Kier alpha value is -2.66. The van der Waals surface area contributed by atoms with E-state index >= 15 is 0 Å². The molecule has 2 unspecified atom stereocenters. The van der Waals surface area contributed by atoms with E-state index in [1.165, 1.54) is 16.7 Å². The zero-order valence-corrected chi connectivity index (χ0v) is 18.9. The predicted molar refractivity (Wildman–Crippen MR) is 123 cm³/mol. The van der Waals surface area contributed by atoms with Crippen LogP contribution >= 0.6 is 0 Å². The molecule has 1 N–H and O–H groups in total. The fourth-order valence-corrected chi connectivity index (χ4v) is 5.05. The third-order valence-electron chi connectivity index (χ3n) is 6.65. The average molecular weight is 420 g/mol. The van der Waals surface area contributed by atoms with Gasteiger partial charge >= 0.3 is 0 Å². The Morgan fingerprint density at radius 3 is 2.55 bits per heavy atom. The quantitative estimate of drug-likeness (QED) is 0.804. The number of benzene rings is 2. The topological polar surface area (TPSA) is 52.7 Å². The zero-order chi connectivity index (χ0) is 22.0. The number of hydrogen-bond acceptors (Lipinski definition) is 3. The highest BCUT2D eigenvalue weighted by Crippen LogP contribution is 2.32. The summed E-state index contributed by atoms with van der Waals surface area (Å²) < 4.78 is 0. The van der Waals surface area contributed by atoms with E-state index in [9.17, 15) is 9.59 Å².